The maximum Gasteiger partial charge on any atom is 0.241 e. The molecule has 1 rings (SSSR count). The Labute approximate surface area is 77.1 Å². The van der Waals surface area contributed by atoms with Gasteiger partial charge in [-0.1, -0.05) is 0 Å². The summed E-state index contributed by atoms with van der Waals surface area (Å²) in [7, 11) is 1.76. The van der Waals surface area contributed by atoms with Crippen LogP contribution < -0.4 is 11.1 Å². The van der Waals surface area contributed by atoms with Crippen LogP contribution in [0.5, 0.6) is 0 Å². The number of hydrogen-bond acceptors (Lipinski definition) is 3. The summed E-state index contributed by atoms with van der Waals surface area (Å²) in [4.78, 5) is 12.9. The topological polar surface area (TPSA) is 82.2 Å². The van der Waals surface area contributed by atoms with E-state index >= 15 is 0 Å². The molecule has 1 amide bonds. The molecule has 0 aromatic heterocycles. The minimum Gasteiger partial charge on any atom is -0.384 e. The molecule has 1 fully saturated rings. The van der Waals surface area contributed by atoms with Crippen molar-refractivity contribution in [3.8, 4) is 0 Å². The average Bonchev–Trinajstić information content (AvgIpc) is 2.19. The van der Waals surface area contributed by atoms with Crippen LogP contribution >= 0.6 is 0 Å². The zero-order chi connectivity index (χ0) is 9.84. The van der Waals surface area contributed by atoms with Crippen molar-refractivity contribution >= 4 is 11.7 Å². The van der Waals surface area contributed by atoms with Crippen molar-refractivity contribution in [2.75, 3.05) is 20.1 Å². The van der Waals surface area contributed by atoms with Gasteiger partial charge in [0, 0.05) is 25.7 Å². The predicted octanol–water partition coefficient (Wildman–Crippen LogP) is -0.742. The second kappa shape index (κ2) is 3.93. The van der Waals surface area contributed by atoms with Gasteiger partial charge in [0.25, 0.3) is 0 Å². The molecule has 0 unspecified atom stereocenters. The lowest BCUT2D eigenvalue weighted by Crippen LogP contribution is -2.31. The van der Waals surface area contributed by atoms with Crippen LogP contribution in [0.25, 0.3) is 0 Å². The largest absolute Gasteiger partial charge is 0.384 e. The Morgan fingerprint density at radius 2 is 2.46 bits per heavy atom. The molecule has 1 aliphatic heterocycles. The van der Waals surface area contributed by atoms with Crippen LogP contribution in [0, 0.1) is 5.41 Å². The van der Waals surface area contributed by atoms with E-state index in [0.717, 1.165) is 12.1 Å². The highest BCUT2D eigenvalue weighted by Gasteiger charge is 2.13. The molecule has 0 aromatic rings. The minimum atomic E-state index is 0.0134. The summed E-state index contributed by atoms with van der Waals surface area (Å²) >= 11 is 0. The van der Waals surface area contributed by atoms with E-state index in [2.05, 4.69) is 5.32 Å². The summed E-state index contributed by atoms with van der Waals surface area (Å²) in [6.45, 7) is 0.959. The Morgan fingerprint density at radius 3 is 3.08 bits per heavy atom. The van der Waals surface area contributed by atoms with E-state index in [4.69, 9.17) is 11.1 Å². The van der Waals surface area contributed by atoms with Gasteiger partial charge < -0.3 is 16.0 Å². The lowest BCUT2D eigenvalue weighted by Gasteiger charge is -2.11. The molecule has 5 heteroatoms. The van der Waals surface area contributed by atoms with Crippen LogP contribution in [0.2, 0.25) is 0 Å². The van der Waals surface area contributed by atoms with E-state index in [-0.39, 0.29) is 18.3 Å². The fraction of sp³-hybridized carbons (Fsp3) is 0.500. The molecule has 0 radical (unpaired) electrons. The van der Waals surface area contributed by atoms with Gasteiger partial charge in [-0.3, -0.25) is 10.2 Å². The summed E-state index contributed by atoms with van der Waals surface area (Å²) in [6, 6.07) is 0. The van der Waals surface area contributed by atoms with Crippen molar-refractivity contribution in [3.63, 3.8) is 0 Å². The summed E-state index contributed by atoms with van der Waals surface area (Å²) in [5.74, 6) is 0.0754. The Bertz CT molecular complexity index is 259. The van der Waals surface area contributed by atoms with Gasteiger partial charge in [0.05, 0.1) is 6.54 Å². The third-order valence-electron chi connectivity index (χ3n) is 1.94. The number of carbonyl (C=O) groups is 1. The number of hydrogen-bond donors (Lipinski definition) is 3. The standard InChI is InChI=1S/C8H14N4O/c1-12-3-2-6(4-7(9)10)11-5-8(12)13/h4,11H,2-3,5H2,1H3,(H3,9,10)/b6-4-. The molecular formula is C8H14N4O. The van der Waals surface area contributed by atoms with E-state index in [1.165, 1.54) is 0 Å². The van der Waals surface area contributed by atoms with E-state index in [0.29, 0.717) is 6.54 Å². The van der Waals surface area contributed by atoms with Crippen molar-refractivity contribution in [1.29, 1.82) is 5.41 Å². The fourth-order valence-corrected chi connectivity index (χ4v) is 1.14. The highest BCUT2D eigenvalue weighted by atomic mass is 16.2. The van der Waals surface area contributed by atoms with Crippen molar-refractivity contribution in [2.24, 2.45) is 5.73 Å². The Balaban J connectivity index is 2.64. The summed E-state index contributed by atoms with van der Waals surface area (Å²) in [6.07, 6.45) is 2.27. The number of nitrogens with zero attached hydrogens (tertiary/aromatic N) is 1. The van der Waals surface area contributed by atoms with E-state index in [9.17, 15) is 4.79 Å². The zero-order valence-electron chi connectivity index (χ0n) is 7.63. The normalized spacial score (nSPS) is 21.2. The molecule has 1 saturated heterocycles. The molecule has 0 aromatic carbocycles. The quantitative estimate of drug-likeness (QED) is 0.369. The van der Waals surface area contributed by atoms with Crippen molar-refractivity contribution in [1.82, 2.24) is 10.2 Å². The number of amides is 1. The number of nitrogens with one attached hydrogen (secondary N) is 2. The third-order valence-corrected chi connectivity index (χ3v) is 1.94. The fourth-order valence-electron chi connectivity index (χ4n) is 1.14. The molecule has 5 nitrogen and oxygen atoms in total. The summed E-state index contributed by atoms with van der Waals surface area (Å²) < 4.78 is 0. The summed E-state index contributed by atoms with van der Waals surface area (Å²) in [5, 5.41) is 10.0. The minimum absolute atomic E-state index is 0.0134. The second-order valence-corrected chi connectivity index (χ2v) is 3.04. The molecule has 1 aliphatic rings. The molecule has 13 heavy (non-hydrogen) atoms. The van der Waals surface area contributed by atoms with Crippen LogP contribution in [0.1, 0.15) is 6.42 Å². The molecule has 0 atom stereocenters. The molecule has 1 heterocycles. The van der Waals surface area contributed by atoms with Gasteiger partial charge in [-0.15, -0.1) is 0 Å². The van der Waals surface area contributed by atoms with Gasteiger partial charge in [0.1, 0.15) is 5.84 Å². The van der Waals surface area contributed by atoms with Gasteiger partial charge in [-0.05, 0) is 6.08 Å². The van der Waals surface area contributed by atoms with E-state index < -0.39 is 0 Å². The number of nitrogens with two attached hydrogens (primary N) is 1. The molecular weight excluding hydrogens is 168 g/mol. The van der Waals surface area contributed by atoms with Gasteiger partial charge in [0.15, 0.2) is 0 Å². The smallest absolute Gasteiger partial charge is 0.241 e. The average molecular weight is 182 g/mol. The van der Waals surface area contributed by atoms with Crippen LogP contribution in [0.3, 0.4) is 0 Å². The first kappa shape index (κ1) is 9.57. The van der Waals surface area contributed by atoms with Crippen LogP contribution in [-0.2, 0) is 4.79 Å². The van der Waals surface area contributed by atoms with Gasteiger partial charge in [-0.2, -0.15) is 0 Å². The highest BCUT2D eigenvalue weighted by Crippen LogP contribution is 2.03. The Morgan fingerprint density at radius 1 is 1.77 bits per heavy atom. The van der Waals surface area contributed by atoms with Crippen LogP contribution in [-0.4, -0.2) is 36.8 Å². The van der Waals surface area contributed by atoms with E-state index in [1.807, 2.05) is 0 Å². The molecule has 4 N–H and O–H groups in total. The third kappa shape index (κ3) is 2.77. The SMILES string of the molecule is CN1CC/C(=C/C(=N)N)NCC1=O. The van der Waals surface area contributed by atoms with E-state index in [1.54, 1.807) is 18.0 Å². The Kier molecular flexibility index (Phi) is 2.89. The van der Waals surface area contributed by atoms with Gasteiger partial charge >= 0.3 is 0 Å². The first-order chi connectivity index (χ1) is 6.09. The maximum absolute atomic E-state index is 11.2. The van der Waals surface area contributed by atoms with Crippen molar-refractivity contribution < 1.29 is 4.79 Å². The number of carbonyl (C=O) groups excluding carboxylic acids is 1. The predicted molar refractivity (Wildman–Crippen MR) is 50.3 cm³/mol. The Hall–Kier alpha value is -1.52. The first-order valence-electron chi connectivity index (χ1n) is 4.12. The number of likely N-dealkylation sites (N-methyl/N-ethyl adjacent to an activating group) is 1. The van der Waals surface area contributed by atoms with Crippen molar-refractivity contribution in [2.45, 2.75) is 6.42 Å². The zero-order valence-corrected chi connectivity index (χ0v) is 7.63. The lowest BCUT2D eigenvalue weighted by molar-refractivity contribution is -0.128. The molecule has 0 aliphatic carbocycles. The second-order valence-electron chi connectivity index (χ2n) is 3.04. The monoisotopic (exact) mass is 182 g/mol. The summed E-state index contributed by atoms with van der Waals surface area (Å²) in [5.41, 5.74) is 6.06. The highest BCUT2D eigenvalue weighted by molar-refractivity contribution is 5.89. The molecule has 72 valence electrons. The lowest BCUT2D eigenvalue weighted by atomic mass is 10.3. The van der Waals surface area contributed by atoms with Gasteiger partial charge in [0.2, 0.25) is 5.91 Å². The van der Waals surface area contributed by atoms with Crippen LogP contribution in [0.4, 0.5) is 0 Å². The molecule has 0 saturated carbocycles. The maximum atomic E-state index is 11.2. The first-order valence-corrected chi connectivity index (χ1v) is 4.12. The van der Waals surface area contributed by atoms with Crippen molar-refractivity contribution in [3.05, 3.63) is 11.8 Å². The molecule has 0 spiro atoms. The number of amidine groups is 1. The number of rotatable bonds is 1. The van der Waals surface area contributed by atoms with Crippen LogP contribution in [0.15, 0.2) is 11.8 Å². The molecule has 0 bridgehead atoms. The van der Waals surface area contributed by atoms with Gasteiger partial charge in [-0.25, -0.2) is 0 Å².